The summed E-state index contributed by atoms with van der Waals surface area (Å²) in [5.41, 5.74) is 1.62. The first kappa shape index (κ1) is 19.8. The molecule has 0 aliphatic rings. The number of aryl methyl sites for hydroxylation is 1. The number of benzene rings is 2. The zero-order chi connectivity index (χ0) is 19.1. The predicted octanol–water partition coefficient (Wildman–Crippen LogP) is 6.23. The highest BCUT2D eigenvalue weighted by molar-refractivity contribution is 9.10. The third-order valence-electron chi connectivity index (χ3n) is 4.02. The third-order valence-corrected chi connectivity index (χ3v) is 5.56. The third kappa shape index (κ3) is 5.50. The fourth-order valence-electron chi connectivity index (χ4n) is 2.62. The van der Waals surface area contributed by atoms with Crippen LogP contribution in [0.15, 0.2) is 79.4 Å². The van der Waals surface area contributed by atoms with Crippen molar-refractivity contribution >= 4 is 27.7 Å². The smallest absolute Gasteiger partial charge is 0.230 e. The van der Waals surface area contributed by atoms with Gasteiger partial charge in [-0.15, -0.1) is 11.8 Å². The SMILES string of the molecule is CCCc1coc(CSc2ccc(Br)cc2)c(OCc2ccccc2)c1=O. The Kier molecular flexibility index (Phi) is 7.18. The standard InChI is InChI=1S/C22H21BrO3S/c1-2-6-17-14-25-20(15-27-19-11-9-18(23)10-12-19)22(21(17)24)26-13-16-7-4-3-5-8-16/h3-5,7-12,14H,2,6,13,15H2,1H3. The van der Waals surface area contributed by atoms with Gasteiger partial charge in [0.25, 0.3) is 0 Å². The van der Waals surface area contributed by atoms with Crippen LogP contribution in [-0.2, 0) is 18.8 Å². The Bertz CT molecular complexity index is 921. The van der Waals surface area contributed by atoms with Crippen LogP contribution in [0.3, 0.4) is 0 Å². The Morgan fingerprint density at radius 1 is 1.07 bits per heavy atom. The van der Waals surface area contributed by atoms with E-state index in [0.29, 0.717) is 35.9 Å². The van der Waals surface area contributed by atoms with E-state index >= 15 is 0 Å². The molecule has 27 heavy (non-hydrogen) atoms. The minimum atomic E-state index is -0.0644. The van der Waals surface area contributed by atoms with Crippen molar-refractivity contribution in [1.29, 1.82) is 0 Å². The molecule has 1 aromatic heterocycles. The summed E-state index contributed by atoms with van der Waals surface area (Å²) in [5.74, 6) is 1.44. The molecule has 0 aliphatic carbocycles. The molecule has 0 radical (unpaired) electrons. The van der Waals surface area contributed by atoms with Crippen LogP contribution >= 0.6 is 27.7 Å². The van der Waals surface area contributed by atoms with Crippen LogP contribution in [0, 0.1) is 0 Å². The molecule has 0 unspecified atom stereocenters. The highest BCUT2D eigenvalue weighted by atomic mass is 79.9. The lowest BCUT2D eigenvalue weighted by molar-refractivity contribution is 0.284. The molecule has 0 bridgehead atoms. The molecule has 3 nitrogen and oxygen atoms in total. The van der Waals surface area contributed by atoms with Gasteiger partial charge >= 0.3 is 0 Å². The van der Waals surface area contributed by atoms with E-state index in [1.54, 1.807) is 18.0 Å². The van der Waals surface area contributed by atoms with Crippen molar-refractivity contribution in [3.63, 3.8) is 0 Å². The minimum absolute atomic E-state index is 0.0644. The maximum atomic E-state index is 12.9. The van der Waals surface area contributed by atoms with Crippen LogP contribution in [0.1, 0.15) is 30.2 Å². The second-order valence-corrected chi connectivity index (χ2v) is 8.07. The summed E-state index contributed by atoms with van der Waals surface area (Å²) < 4.78 is 12.8. The maximum Gasteiger partial charge on any atom is 0.230 e. The van der Waals surface area contributed by atoms with Crippen molar-refractivity contribution in [3.8, 4) is 5.75 Å². The monoisotopic (exact) mass is 444 g/mol. The minimum Gasteiger partial charge on any atom is -0.482 e. The number of thioether (sulfide) groups is 1. The van der Waals surface area contributed by atoms with Crippen LogP contribution in [-0.4, -0.2) is 0 Å². The topological polar surface area (TPSA) is 39.4 Å². The van der Waals surface area contributed by atoms with Gasteiger partial charge in [0.05, 0.1) is 12.0 Å². The molecule has 0 aliphatic heterocycles. The highest BCUT2D eigenvalue weighted by Gasteiger charge is 2.16. The van der Waals surface area contributed by atoms with Gasteiger partial charge in [0, 0.05) is 14.9 Å². The second-order valence-electron chi connectivity index (χ2n) is 6.11. The summed E-state index contributed by atoms with van der Waals surface area (Å²) >= 11 is 5.05. The zero-order valence-electron chi connectivity index (χ0n) is 15.1. The Morgan fingerprint density at radius 3 is 2.52 bits per heavy atom. The normalized spacial score (nSPS) is 10.7. The summed E-state index contributed by atoms with van der Waals surface area (Å²) in [4.78, 5) is 14.0. The summed E-state index contributed by atoms with van der Waals surface area (Å²) in [7, 11) is 0. The molecule has 0 saturated heterocycles. The highest BCUT2D eigenvalue weighted by Crippen LogP contribution is 2.28. The molecule has 0 amide bonds. The molecule has 0 spiro atoms. The summed E-state index contributed by atoms with van der Waals surface area (Å²) in [5, 5.41) is 0. The van der Waals surface area contributed by atoms with E-state index in [-0.39, 0.29) is 5.43 Å². The number of rotatable bonds is 8. The summed E-state index contributed by atoms with van der Waals surface area (Å²) in [6.45, 7) is 2.39. The predicted molar refractivity (Wildman–Crippen MR) is 113 cm³/mol. The van der Waals surface area contributed by atoms with Gasteiger partial charge in [-0.3, -0.25) is 4.79 Å². The van der Waals surface area contributed by atoms with Crippen molar-refractivity contribution in [3.05, 3.63) is 92.4 Å². The number of hydrogen-bond donors (Lipinski definition) is 0. The first-order chi connectivity index (χ1) is 13.2. The fourth-order valence-corrected chi connectivity index (χ4v) is 3.71. The van der Waals surface area contributed by atoms with Crippen LogP contribution in [0.25, 0.3) is 0 Å². The molecule has 5 heteroatoms. The molecule has 0 fully saturated rings. The first-order valence-corrected chi connectivity index (χ1v) is 10.6. The molecule has 0 saturated carbocycles. The first-order valence-electron chi connectivity index (χ1n) is 8.86. The lowest BCUT2D eigenvalue weighted by Crippen LogP contribution is -2.15. The molecular formula is C22H21BrO3S. The van der Waals surface area contributed by atoms with Crippen molar-refractivity contribution in [2.75, 3.05) is 0 Å². The van der Waals surface area contributed by atoms with Gasteiger partial charge in [-0.05, 0) is 36.2 Å². The molecule has 3 aromatic rings. The van der Waals surface area contributed by atoms with Crippen LogP contribution in [0.2, 0.25) is 0 Å². The van der Waals surface area contributed by atoms with Gasteiger partial charge in [-0.2, -0.15) is 0 Å². The molecule has 140 valence electrons. The van der Waals surface area contributed by atoms with E-state index in [2.05, 4.69) is 15.9 Å². The Labute approximate surface area is 171 Å². The van der Waals surface area contributed by atoms with Gasteiger partial charge in [-0.25, -0.2) is 0 Å². The lowest BCUT2D eigenvalue weighted by Gasteiger charge is -2.11. The van der Waals surface area contributed by atoms with Crippen molar-refractivity contribution < 1.29 is 9.15 Å². The Balaban J connectivity index is 1.81. The van der Waals surface area contributed by atoms with Gasteiger partial charge in [-0.1, -0.05) is 59.6 Å². The number of halogens is 1. The maximum absolute atomic E-state index is 12.9. The number of ether oxygens (including phenoxy) is 1. The van der Waals surface area contributed by atoms with E-state index < -0.39 is 0 Å². The lowest BCUT2D eigenvalue weighted by atomic mass is 10.1. The van der Waals surface area contributed by atoms with Crippen molar-refractivity contribution in [2.45, 2.75) is 37.0 Å². The summed E-state index contributed by atoms with van der Waals surface area (Å²) in [6.07, 6.45) is 3.15. The van der Waals surface area contributed by atoms with Gasteiger partial charge in [0.2, 0.25) is 11.2 Å². The average Bonchev–Trinajstić information content (AvgIpc) is 2.69. The van der Waals surface area contributed by atoms with E-state index in [9.17, 15) is 4.79 Å². The Morgan fingerprint density at radius 2 is 1.81 bits per heavy atom. The molecular weight excluding hydrogens is 424 g/mol. The quantitative estimate of drug-likeness (QED) is 0.386. The van der Waals surface area contributed by atoms with E-state index in [0.717, 1.165) is 21.4 Å². The van der Waals surface area contributed by atoms with Gasteiger partial charge in [0.1, 0.15) is 6.61 Å². The van der Waals surface area contributed by atoms with Crippen LogP contribution in [0.4, 0.5) is 0 Å². The molecule has 1 heterocycles. The molecule has 0 N–H and O–H groups in total. The summed E-state index contributed by atoms with van der Waals surface area (Å²) in [6, 6.07) is 17.9. The van der Waals surface area contributed by atoms with Gasteiger partial charge in [0.15, 0.2) is 5.76 Å². The van der Waals surface area contributed by atoms with Crippen molar-refractivity contribution in [1.82, 2.24) is 0 Å². The molecule has 3 rings (SSSR count). The van der Waals surface area contributed by atoms with E-state index in [4.69, 9.17) is 9.15 Å². The largest absolute Gasteiger partial charge is 0.482 e. The van der Waals surface area contributed by atoms with E-state index in [1.165, 1.54) is 0 Å². The fraction of sp³-hybridized carbons (Fsp3) is 0.227. The molecule has 2 aromatic carbocycles. The zero-order valence-corrected chi connectivity index (χ0v) is 17.5. The van der Waals surface area contributed by atoms with Crippen molar-refractivity contribution in [2.24, 2.45) is 0 Å². The average molecular weight is 445 g/mol. The second kappa shape index (κ2) is 9.81. The van der Waals surface area contributed by atoms with Gasteiger partial charge < -0.3 is 9.15 Å². The molecule has 0 atom stereocenters. The van der Waals surface area contributed by atoms with E-state index in [1.807, 2.05) is 61.5 Å². The van der Waals surface area contributed by atoms with Crippen LogP contribution in [0.5, 0.6) is 5.75 Å². The Hall–Kier alpha value is -1.98. The van der Waals surface area contributed by atoms with Crippen LogP contribution < -0.4 is 10.2 Å². The number of hydrogen-bond acceptors (Lipinski definition) is 4.